The van der Waals surface area contributed by atoms with Crippen molar-refractivity contribution in [3.05, 3.63) is 53.5 Å². The molecule has 4 rings (SSSR count). The van der Waals surface area contributed by atoms with Gasteiger partial charge >= 0.3 is 0 Å². The number of halogens is 1. The number of hydrogen-bond acceptors (Lipinski definition) is 4. The molecule has 1 aromatic carbocycles. The number of likely N-dealkylation sites (tertiary alicyclic amines) is 2. The van der Waals surface area contributed by atoms with Crippen molar-refractivity contribution >= 4 is 11.8 Å². The maximum Gasteiger partial charge on any atom is 0.225 e. The Morgan fingerprint density at radius 1 is 1.10 bits per heavy atom. The van der Waals surface area contributed by atoms with Gasteiger partial charge in [-0.3, -0.25) is 9.59 Å². The molecule has 166 valence electrons. The predicted octanol–water partition coefficient (Wildman–Crippen LogP) is 3.54. The van der Waals surface area contributed by atoms with Crippen LogP contribution in [0.5, 0.6) is 0 Å². The first kappa shape index (κ1) is 21.5. The van der Waals surface area contributed by atoms with Gasteiger partial charge in [-0.05, 0) is 43.4 Å². The minimum absolute atomic E-state index is 0.0176. The Bertz CT molecular complexity index is 924. The van der Waals surface area contributed by atoms with Crippen LogP contribution in [0.1, 0.15) is 56.7 Å². The summed E-state index contributed by atoms with van der Waals surface area (Å²) in [5.41, 5.74) is 0.779. The predicted molar refractivity (Wildman–Crippen MR) is 114 cm³/mol. The fourth-order valence-electron chi connectivity index (χ4n) is 4.61. The number of carbonyl (C=O) groups excluding carboxylic acids is 2. The molecule has 3 heterocycles. The van der Waals surface area contributed by atoms with E-state index in [0.717, 1.165) is 37.0 Å². The molecule has 0 unspecified atom stereocenters. The average Bonchev–Trinajstić information content (AvgIpc) is 3.25. The van der Waals surface area contributed by atoms with Gasteiger partial charge in [-0.2, -0.15) is 0 Å². The maximum absolute atomic E-state index is 13.1. The number of carbonyl (C=O) groups is 2. The van der Waals surface area contributed by atoms with E-state index in [2.05, 4.69) is 11.9 Å². The molecular formula is C24H30FN3O3. The lowest BCUT2D eigenvalue weighted by atomic mass is 9.79. The van der Waals surface area contributed by atoms with Crippen molar-refractivity contribution in [1.29, 1.82) is 0 Å². The van der Waals surface area contributed by atoms with Crippen LogP contribution in [-0.2, 0) is 21.4 Å². The molecule has 0 bridgehead atoms. The van der Waals surface area contributed by atoms with Gasteiger partial charge in [-0.1, -0.05) is 19.1 Å². The van der Waals surface area contributed by atoms with E-state index < -0.39 is 0 Å². The third kappa shape index (κ3) is 4.81. The molecule has 7 heteroatoms. The highest BCUT2D eigenvalue weighted by atomic mass is 19.1. The summed E-state index contributed by atoms with van der Waals surface area (Å²) in [4.78, 5) is 32.8. The van der Waals surface area contributed by atoms with Gasteiger partial charge in [-0.25, -0.2) is 9.37 Å². The Morgan fingerprint density at radius 2 is 1.74 bits per heavy atom. The van der Waals surface area contributed by atoms with E-state index in [4.69, 9.17) is 4.42 Å². The van der Waals surface area contributed by atoms with Crippen molar-refractivity contribution in [3.8, 4) is 0 Å². The molecular weight excluding hydrogens is 397 g/mol. The molecule has 0 N–H and O–H groups in total. The fraction of sp³-hybridized carbons (Fsp3) is 0.542. The van der Waals surface area contributed by atoms with Crippen LogP contribution in [0.15, 0.2) is 34.9 Å². The van der Waals surface area contributed by atoms with Gasteiger partial charge in [-0.15, -0.1) is 0 Å². The van der Waals surface area contributed by atoms with Gasteiger partial charge < -0.3 is 14.2 Å². The summed E-state index contributed by atoms with van der Waals surface area (Å²) in [5, 5.41) is 0. The minimum Gasteiger partial charge on any atom is -0.445 e. The Kier molecular flexibility index (Phi) is 6.12. The zero-order chi connectivity index (χ0) is 22.0. The smallest absolute Gasteiger partial charge is 0.225 e. The number of piperidine rings is 2. The summed E-state index contributed by atoms with van der Waals surface area (Å²) in [6, 6.07) is 6.41. The molecule has 2 fully saturated rings. The lowest BCUT2D eigenvalue weighted by molar-refractivity contribution is -0.141. The van der Waals surface area contributed by atoms with Crippen LogP contribution in [0.4, 0.5) is 4.39 Å². The van der Waals surface area contributed by atoms with Gasteiger partial charge in [0.25, 0.3) is 0 Å². The number of oxazole rings is 1. The van der Waals surface area contributed by atoms with Crippen molar-refractivity contribution in [3.63, 3.8) is 0 Å². The molecule has 0 spiro atoms. The van der Waals surface area contributed by atoms with Gasteiger partial charge in [0.2, 0.25) is 11.8 Å². The van der Waals surface area contributed by atoms with Crippen LogP contribution < -0.4 is 0 Å². The second-order valence-electron chi connectivity index (χ2n) is 9.10. The highest BCUT2D eigenvalue weighted by Crippen LogP contribution is 2.36. The summed E-state index contributed by atoms with van der Waals surface area (Å²) >= 11 is 0. The molecule has 2 aliphatic heterocycles. The normalized spacial score (nSPS) is 19.5. The number of aromatic nitrogens is 1. The van der Waals surface area contributed by atoms with Crippen LogP contribution in [0.2, 0.25) is 0 Å². The lowest BCUT2D eigenvalue weighted by Crippen LogP contribution is -2.48. The van der Waals surface area contributed by atoms with E-state index in [1.54, 1.807) is 25.3 Å². The molecule has 2 aromatic rings. The Balaban J connectivity index is 1.32. The third-order valence-electron chi connectivity index (χ3n) is 6.83. The minimum atomic E-state index is -0.250. The first-order valence-corrected chi connectivity index (χ1v) is 11.1. The highest BCUT2D eigenvalue weighted by molar-refractivity contribution is 5.80. The molecule has 0 saturated carbocycles. The zero-order valence-corrected chi connectivity index (χ0v) is 18.3. The van der Waals surface area contributed by atoms with Gasteiger partial charge in [0, 0.05) is 50.9 Å². The van der Waals surface area contributed by atoms with Crippen LogP contribution in [0.3, 0.4) is 0 Å². The summed E-state index contributed by atoms with van der Waals surface area (Å²) < 4.78 is 19.2. The Labute approximate surface area is 182 Å². The zero-order valence-electron chi connectivity index (χ0n) is 18.3. The van der Waals surface area contributed by atoms with E-state index in [1.807, 2.05) is 9.80 Å². The third-order valence-corrected chi connectivity index (χ3v) is 6.83. The largest absolute Gasteiger partial charge is 0.445 e. The molecule has 0 aliphatic carbocycles. The average molecular weight is 428 g/mol. The van der Waals surface area contributed by atoms with E-state index in [-0.39, 0.29) is 29.0 Å². The van der Waals surface area contributed by atoms with E-state index in [1.165, 1.54) is 12.1 Å². The SMILES string of the molecule is CC(=O)N1CCC(C(=O)N2CCC(C)(c3ncc(Cc4ccc(F)cc4)o3)CC2)CC1. The lowest BCUT2D eigenvalue weighted by Gasteiger charge is -2.40. The van der Waals surface area contributed by atoms with Crippen LogP contribution in [-0.4, -0.2) is 52.8 Å². The second-order valence-corrected chi connectivity index (χ2v) is 9.10. The van der Waals surface area contributed by atoms with Crippen molar-refractivity contribution < 1.29 is 18.4 Å². The van der Waals surface area contributed by atoms with E-state index in [9.17, 15) is 14.0 Å². The van der Waals surface area contributed by atoms with Crippen LogP contribution in [0.25, 0.3) is 0 Å². The summed E-state index contributed by atoms with van der Waals surface area (Å²) in [6.45, 7) is 6.46. The van der Waals surface area contributed by atoms with Crippen LogP contribution >= 0.6 is 0 Å². The number of amides is 2. The fourth-order valence-corrected chi connectivity index (χ4v) is 4.61. The summed E-state index contributed by atoms with van der Waals surface area (Å²) in [5.74, 6) is 1.55. The first-order chi connectivity index (χ1) is 14.8. The molecule has 0 atom stereocenters. The molecule has 2 saturated heterocycles. The molecule has 6 nitrogen and oxygen atoms in total. The topological polar surface area (TPSA) is 66.7 Å². The quantitative estimate of drug-likeness (QED) is 0.749. The van der Waals surface area contributed by atoms with E-state index in [0.29, 0.717) is 38.5 Å². The maximum atomic E-state index is 13.1. The number of hydrogen-bond donors (Lipinski definition) is 0. The van der Waals surface area contributed by atoms with Crippen molar-refractivity contribution in [2.45, 2.75) is 51.4 Å². The standard InChI is InChI=1S/C24H30FN3O3/c1-17(29)27-11-7-19(8-12-27)22(30)28-13-9-24(2,10-14-28)23-26-16-21(31-23)15-18-3-5-20(25)6-4-18/h3-6,16,19H,7-15H2,1-2H3. The van der Waals surface area contributed by atoms with Gasteiger partial charge in [0.15, 0.2) is 5.89 Å². The van der Waals surface area contributed by atoms with Crippen molar-refractivity contribution in [2.75, 3.05) is 26.2 Å². The number of rotatable bonds is 4. The second kappa shape index (κ2) is 8.81. The van der Waals surface area contributed by atoms with Gasteiger partial charge in [0.05, 0.1) is 6.20 Å². The van der Waals surface area contributed by atoms with Crippen molar-refractivity contribution in [1.82, 2.24) is 14.8 Å². The van der Waals surface area contributed by atoms with E-state index >= 15 is 0 Å². The number of benzene rings is 1. The van der Waals surface area contributed by atoms with Gasteiger partial charge in [0.1, 0.15) is 11.6 Å². The molecule has 2 aliphatic rings. The number of nitrogens with zero attached hydrogens (tertiary/aromatic N) is 3. The molecule has 2 amide bonds. The summed E-state index contributed by atoms with van der Waals surface area (Å²) in [7, 11) is 0. The monoisotopic (exact) mass is 427 g/mol. The molecule has 1 aromatic heterocycles. The highest BCUT2D eigenvalue weighted by Gasteiger charge is 2.39. The summed E-state index contributed by atoms with van der Waals surface area (Å²) in [6.07, 6.45) is 5.44. The molecule has 31 heavy (non-hydrogen) atoms. The first-order valence-electron chi connectivity index (χ1n) is 11.1. The Morgan fingerprint density at radius 3 is 2.35 bits per heavy atom. The van der Waals surface area contributed by atoms with Crippen molar-refractivity contribution in [2.24, 2.45) is 5.92 Å². The van der Waals surface area contributed by atoms with Crippen LogP contribution in [0, 0.1) is 11.7 Å². The molecule has 0 radical (unpaired) electrons. The Hall–Kier alpha value is -2.70.